The van der Waals surface area contributed by atoms with Crippen LogP contribution >= 0.6 is 0 Å². The maximum absolute atomic E-state index is 5.30. The van der Waals surface area contributed by atoms with Gasteiger partial charge in [0.15, 0.2) is 0 Å². The van der Waals surface area contributed by atoms with Crippen LogP contribution in [-0.2, 0) is 0 Å². The summed E-state index contributed by atoms with van der Waals surface area (Å²) in [6.07, 6.45) is 16.3. The van der Waals surface area contributed by atoms with Crippen molar-refractivity contribution < 1.29 is 4.74 Å². The molecule has 3 rings (SSSR count). The van der Waals surface area contributed by atoms with E-state index in [-0.39, 0.29) is 8.80 Å². The Morgan fingerprint density at radius 2 is 1.48 bits per heavy atom. The van der Waals surface area contributed by atoms with Crippen molar-refractivity contribution in [3.63, 3.8) is 0 Å². The minimum absolute atomic E-state index is 0.314. The molecule has 1 aliphatic carbocycles. The third kappa shape index (κ3) is 6.66. The van der Waals surface area contributed by atoms with Crippen LogP contribution in [0, 0.1) is 11.8 Å². The Balaban J connectivity index is 1.31. The van der Waals surface area contributed by atoms with Crippen molar-refractivity contribution >= 4 is 8.80 Å². The molecule has 0 amide bonds. The zero-order valence-electron chi connectivity index (χ0n) is 17.9. The lowest BCUT2D eigenvalue weighted by atomic mass is 9.76. The smallest absolute Gasteiger partial charge is 0.118 e. The van der Waals surface area contributed by atoms with E-state index >= 15 is 0 Å². The zero-order chi connectivity index (χ0) is 18.9. The van der Waals surface area contributed by atoms with Crippen molar-refractivity contribution in [2.24, 2.45) is 11.8 Å². The Morgan fingerprint density at radius 3 is 2.07 bits per heavy atom. The molecule has 1 saturated heterocycles. The fourth-order valence-corrected chi connectivity index (χ4v) is 9.24. The molecule has 0 atom stereocenters. The first-order chi connectivity index (χ1) is 13.3. The van der Waals surface area contributed by atoms with E-state index in [2.05, 4.69) is 31.2 Å². The summed E-state index contributed by atoms with van der Waals surface area (Å²) in [5.74, 6) is 3.87. The second kappa shape index (κ2) is 11.3. The van der Waals surface area contributed by atoms with Gasteiger partial charge in [0.1, 0.15) is 5.75 Å². The third-order valence-corrected chi connectivity index (χ3v) is 11.1. The van der Waals surface area contributed by atoms with Gasteiger partial charge in [-0.15, -0.1) is 0 Å². The van der Waals surface area contributed by atoms with Crippen molar-refractivity contribution in [3.8, 4) is 5.75 Å². The molecular weight excluding hydrogens is 344 g/mol. The number of unbranched alkanes of at least 4 members (excludes halogenated alkanes) is 2. The summed E-state index contributed by atoms with van der Waals surface area (Å²) in [6.45, 7) is 2.34. The molecule has 27 heavy (non-hydrogen) atoms. The predicted molar refractivity (Wildman–Crippen MR) is 121 cm³/mol. The molecule has 1 heterocycles. The summed E-state index contributed by atoms with van der Waals surface area (Å²) in [6, 6.07) is 13.8. The molecule has 1 aromatic rings. The topological polar surface area (TPSA) is 9.23 Å². The van der Waals surface area contributed by atoms with E-state index in [1.807, 2.05) is 0 Å². The lowest BCUT2D eigenvalue weighted by molar-refractivity contribution is 0.280. The Hall–Kier alpha value is -0.763. The summed E-state index contributed by atoms with van der Waals surface area (Å²) in [5, 5.41) is 0. The van der Waals surface area contributed by atoms with Crippen LogP contribution < -0.4 is 4.74 Å². The highest BCUT2D eigenvalue weighted by atomic mass is 28.3. The molecule has 0 N–H and O–H groups in total. The maximum Gasteiger partial charge on any atom is 0.118 e. The van der Waals surface area contributed by atoms with Crippen molar-refractivity contribution in [3.05, 3.63) is 29.8 Å². The largest absolute Gasteiger partial charge is 0.497 e. The Bertz CT molecular complexity index is 510. The average Bonchev–Trinajstić information content (AvgIpc) is 2.74. The van der Waals surface area contributed by atoms with Gasteiger partial charge >= 0.3 is 0 Å². The lowest BCUT2D eigenvalue weighted by Crippen LogP contribution is -2.22. The molecule has 0 radical (unpaired) electrons. The highest BCUT2D eigenvalue weighted by Gasteiger charge is 2.25. The van der Waals surface area contributed by atoms with E-state index in [1.165, 1.54) is 63.4 Å². The molecule has 0 spiro atoms. The third-order valence-electron chi connectivity index (χ3n) is 7.60. The molecule has 1 nitrogen and oxygen atoms in total. The molecule has 1 saturated carbocycles. The summed E-state index contributed by atoms with van der Waals surface area (Å²) < 4.78 is 5.30. The molecule has 1 aromatic carbocycles. The molecule has 2 heteroatoms. The highest BCUT2D eigenvalue weighted by molar-refractivity contribution is 6.58. The molecule has 0 bridgehead atoms. The van der Waals surface area contributed by atoms with Gasteiger partial charge in [-0.05, 0) is 61.1 Å². The van der Waals surface area contributed by atoms with Crippen LogP contribution in [0.2, 0.25) is 18.1 Å². The maximum atomic E-state index is 5.30. The Morgan fingerprint density at radius 1 is 0.852 bits per heavy atom. The molecular formula is C25H42OSi. The first kappa shape index (κ1) is 21.0. The predicted octanol–water partition coefficient (Wildman–Crippen LogP) is 7.58. The van der Waals surface area contributed by atoms with E-state index in [4.69, 9.17) is 4.74 Å². The fraction of sp³-hybridized carbons (Fsp3) is 0.760. The molecule has 2 aliphatic rings. The molecule has 1 aliphatic heterocycles. The summed E-state index contributed by atoms with van der Waals surface area (Å²) in [7, 11) is 1.44. The first-order valence-electron chi connectivity index (χ1n) is 11.9. The van der Waals surface area contributed by atoms with Gasteiger partial charge in [-0.25, -0.2) is 0 Å². The fourth-order valence-electron chi connectivity index (χ4n) is 5.62. The average molecular weight is 387 g/mol. The van der Waals surface area contributed by atoms with Crippen molar-refractivity contribution in [1.82, 2.24) is 0 Å². The van der Waals surface area contributed by atoms with Crippen LogP contribution in [0.1, 0.15) is 89.0 Å². The SMILES string of the molecule is CCCCC[SiH]1CCC(CCC2CCC(c3ccc(OC)cc3)CC2)CC1. The van der Waals surface area contributed by atoms with Crippen LogP contribution in [0.15, 0.2) is 24.3 Å². The van der Waals surface area contributed by atoms with Gasteiger partial charge in [0, 0.05) is 8.80 Å². The molecule has 0 aromatic heterocycles. The van der Waals surface area contributed by atoms with Gasteiger partial charge < -0.3 is 4.74 Å². The Kier molecular flexibility index (Phi) is 8.76. The number of hydrogen-bond acceptors (Lipinski definition) is 1. The van der Waals surface area contributed by atoms with Gasteiger partial charge in [-0.2, -0.15) is 0 Å². The van der Waals surface area contributed by atoms with E-state index in [0.717, 1.165) is 23.5 Å². The summed E-state index contributed by atoms with van der Waals surface area (Å²) in [4.78, 5) is 0. The van der Waals surface area contributed by atoms with Crippen LogP contribution in [0.3, 0.4) is 0 Å². The van der Waals surface area contributed by atoms with Gasteiger partial charge in [0.05, 0.1) is 7.11 Å². The minimum atomic E-state index is -0.314. The van der Waals surface area contributed by atoms with E-state index in [0.29, 0.717) is 0 Å². The van der Waals surface area contributed by atoms with Crippen LogP contribution in [-0.4, -0.2) is 15.9 Å². The standard InChI is InChI=1S/C25H42OSi/c1-3-4-5-18-27-19-16-22(17-20-27)7-6-21-8-10-23(11-9-21)24-12-14-25(26-2)15-13-24/h12-15,21-23,27H,3-11,16-20H2,1-2H3. The zero-order valence-corrected chi connectivity index (χ0v) is 19.1. The second-order valence-electron chi connectivity index (χ2n) is 9.45. The van der Waals surface area contributed by atoms with Crippen molar-refractivity contribution in [1.29, 1.82) is 0 Å². The van der Waals surface area contributed by atoms with Gasteiger partial charge in [0.25, 0.3) is 0 Å². The number of ether oxygens (including phenoxy) is 1. The minimum Gasteiger partial charge on any atom is -0.497 e. The van der Waals surface area contributed by atoms with Crippen molar-refractivity contribution in [2.75, 3.05) is 7.11 Å². The van der Waals surface area contributed by atoms with E-state index in [1.54, 1.807) is 38.1 Å². The van der Waals surface area contributed by atoms with Crippen molar-refractivity contribution in [2.45, 2.75) is 102 Å². The monoisotopic (exact) mass is 386 g/mol. The van der Waals surface area contributed by atoms with E-state index < -0.39 is 0 Å². The molecule has 0 unspecified atom stereocenters. The number of rotatable bonds is 9. The first-order valence-corrected chi connectivity index (χ1v) is 14.4. The van der Waals surface area contributed by atoms with Gasteiger partial charge in [-0.3, -0.25) is 0 Å². The van der Waals surface area contributed by atoms with Crippen LogP contribution in [0.4, 0.5) is 0 Å². The second-order valence-corrected chi connectivity index (χ2v) is 12.9. The molecule has 152 valence electrons. The molecule has 2 fully saturated rings. The Labute approximate surface area is 169 Å². The summed E-state index contributed by atoms with van der Waals surface area (Å²) >= 11 is 0. The number of hydrogen-bond donors (Lipinski definition) is 0. The van der Waals surface area contributed by atoms with Crippen LogP contribution in [0.25, 0.3) is 0 Å². The summed E-state index contributed by atoms with van der Waals surface area (Å²) in [5.41, 5.74) is 1.53. The normalized spacial score (nSPS) is 28.8. The van der Waals surface area contributed by atoms with Gasteiger partial charge in [-0.1, -0.05) is 82.1 Å². The quantitative estimate of drug-likeness (QED) is 0.314. The van der Waals surface area contributed by atoms with E-state index in [9.17, 15) is 0 Å². The van der Waals surface area contributed by atoms with Gasteiger partial charge in [0.2, 0.25) is 0 Å². The van der Waals surface area contributed by atoms with Crippen LogP contribution in [0.5, 0.6) is 5.75 Å². The highest BCUT2D eigenvalue weighted by Crippen LogP contribution is 2.39. The lowest BCUT2D eigenvalue weighted by Gasteiger charge is -2.32. The number of methoxy groups -OCH3 is 1. The number of benzene rings is 1.